The van der Waals surface area contributed by atoms with Gasteiger partial charge in [0.2, 0.25) is 0 Å². The van der Waals surface area contributed by atoms with E-state index in [9.17, 15) is 0 Å². The van der Waals surface area contributed by atoms with Crippen molar-refractivity contribution in [3.05, 3.63) is 28.1 Å². The van der Waals surface area contributed by atoms with E-state index in [0.29, 0.717) is 12.0 Å². The van der Waals surface area contributed by atoms with Crippen LogP contribution in [0.3, 0.4) is 0 Å². The Hall–Kier alpha value is -0.890. The Morgan fingerprint density at radius 3 is 2.57 bits per heavy atom. The first-order chi connectivity index (χ1) is 10.2. The van der Waals surface area contributed by atoms with Crippen LogP contribution in [0.2, 0.25) is 0 Å². The zero-order valence-corrected chi connectivity index (χ0v) is 14.1. The minimum Gasteiger partial charge on any atom is -0.311 e. The summed E-state index contributed by atoms with van der Waals surface area (Å²) < 4.78 is 0. The molecule has 2 heteroatoms. The third-order valence-electron chi connectivity index (χ3n) is 5.70. The monoisotopic (exact) mass is 286 g/mol. The van der Waals surface area contributed by atoms with Gasteiger partial charge in [-0.3, -0.25) is 4.98 Å². The molecule has 2 saturated heterocycles. The summed E-state index contributed by atoms with van der Waals surface area (Å²) in [5, 5.41) is 3.81. The highest BCUT2D eigenvalue weighted by molar-refractivity contribution is 5.43. The molecule has 3 atom stereocenters. The van der Waals surface area contributed by atoms with Crippen LogP contribution in [0, 0.1) is 13.8 Å². The van der Waals surface area contributed by atoms with Gasteiger partial charge in [0.15, 0.2) is 0 Å². The number of nitrogens with zero attached hydrogens (tertiary/aromatic N) is 1. The van der Waals surface area contributed by atoms with E-state index in [1.165, 1.54) is 49.1 Å². The standard InChI is InChI=1S/C19H30N2/c1-5-7-8-18-19(12(3)15(6-2)13(4)20-18)16-11-14-9-10-17(16)21-14/h14,16-17,21H,5-11H2,1-4H3/t14?,16-,17?/m0/s1. The second-order valence-electron chi connectivity index (χ2n) is 7.01. The van der Waals surface area contributed by atoms with Crippen LogP contribution in [0.5, 0.6) is 0 Å². The van der Waals surface area contributed by atoms with Crippen molar-refractivity contribution in [2.24, 2.45) is 0 Å². The first-order valence-electron chi connectivity index (χ1n) is 8.90. The third kappa shape index (κ3) is 2.63. The third-order valence-corrected chi connectivity index (χ3v) is 5.70. The van der Waals surface area contributed by atoms with Gasteiger partial charge in [-0.25, -0.2) is 0 Å². The lowest BCUT2D eigenvalue weighted by atomic mass is 9.79. The zero-order chi connectivity index (χ0) is 15.0. The van der Waals surface area contributed by atoms with E-state index < -0.39 is 0 Å². The number of hydrogen-bond donors (Lipinski definition) is 1. The second kappa shape index (κ2) is 6.08. The largest absolute Gasteiger partial charge is 0.311 e. The fourth-order valence-electron chi connectivity index (χ4n) is 4.67. The molecule has 0 spiro atoms. The van der Waals surface area contributed by atoms with Gasteiger partial charge in [0, 0.05) is 29.4 Å². The summed E-state index contributed by atoms with van der Waals surface area (Å²) in [5.74, 6) is 0.717. The predicted molar refractivity (Wildman–Crippen MR) is 89.0 cm³/mol. The molecule has 1 N–H and O–H groups in total. The van der Waals surface area contributed by atoms with Crippen molar-refractivity contribution in [1.29, 1.82) is 0 Å². The molecule has 21 heavy (non-hydrogen) atoms. The maximum absolute atomic E-state index is 5.04. The van der Waals surface area contributed by atoms with Crippen molar-refractivity contribution in [1.82, 2.24) is 10.3 Å². The molecule has 0 aromatic carbocycles. The smallest absolute Gasteiger partial charge is 0.0445 e. The van der Waals surface area contributed by atoms with E-state index >= 15 is 0 Å². The molecule has 3 heterocycles. The first kappa shape index (κ1) is 15.0. The average Bonchev–Trinajstić information content (AvgIpc) is 3.07. The molecule has 2 fully saturated rings. The number of unbranched alkanes of at least 4 members (excludes halogenated alkanes) is 1. The molecule has 2 bridgehead atoms. The Morgan fingerprint density at radius 2 is 2.00 bits per heavy atom. The van der Waals surface area contributed by atoms with Crippen LogP contribution in [0.15, 0.2) is 0 Å². The lowest BCUT2D eigenvalue weighted by Crippen LogP contribution is -2.24. The van der Waals surface area contributed by atoms with E-state index in [4.69, 9.17) is 4.98 Å². The summed E-state index contributed by atoms with van der Waals surface area (Å²) in [5.41, 5.74) is 7.33. The molecule has 116 valence electrons. The molecule has 1 aromatic heterocycles. The van der Waals surface area contributed by atoms with Crippen molar-refractivity contribution >= 4 is 0 Å². The number of fused-ring (bicyclic) bond motifs is 2. The van der Waals surface area contributed by atoms with E-state index in [1.807, 2.05) is 0 Å². The number of pyridine rings is 1. The summed E-state index contributed by atoms with van der Waals surface area (Å²) in [4.78, 5) is 5.04. The van der Waals surface area contributed by atoms with E-state index in [0.717, 1.165) is 18.9 Å². The molecular formula is C19H30N2. The highest BCUT2D eigenvalue weighted by Crippen LogP contribution is 2.43. The normalized spacial score (nSPS) is 27.5. The SMILES string of the molecule is CCCCc1nc(C)c(CC)c(C)c1[C@H]1CC2CCC1N2. The first-order valence-corrected chi connectivity index (χ1v) is 8.90. The summed E-state index contributed by atoms with van der Waals surface area (Å²) in [6, 6.07) is 1.48. The minimum atomic E-state index is 0.711. The van der Waals surface area contributed by atoms with Crippen LogP contribution in [-0.4, -0.2) is 17.1 Å². The van der Waals surface area contributed by atoms with Crippen molar-refractivity contribution in [2.45, 2.75) is 90.6 Å². The average molecular weight is 286 g/mol. The van der Waals surface area contributed by atoms with Gasteiger partial charge in [-0.05, 0) is 69.1 Å². The second-order valence-corrected chi connectivity index (χ2v) is 7.01. The lowest BCUT2D eigenvalue weighted by Gasteiger charge is -2.27. The fourth-order valence-corrected chi connectivity index (χ4v) is 4.67. The maximum atomic E-state index is 5.04. The number of nitrogens with one attached hydrogen (secondary N) is 1. The van der Waals surface area contributed by atoms with Crippen LogP contribution in [0.1, 0.15) is 79.9 Å². The van der Waals surface area contributed by atoms with Gasteiger partial charge in [0.05, 0.1) is 0 Å². The van der Waals surface area contributed by atoms with Gasteiger partial charge in [0.25, 0.3) is 0 Å². The summed E-state index contributed by atoms with van der Waals surface area (Å²) in [6.07, 6.45) is 8.86. The summed E-state index contributed by atoms with van der Waals surface area (Å²) >= 11 is 0. The van der Waals surface area contributed by atoms with Crippen LogP contribution < -0.4 is 5.32 Å². The molecule has 2 aliphatic rings. The summed E-state index contributed by atoms with van der Waals surface area (Å²) in [6.45, 7) is 9.10. The van der Waals surface area contributed by atoms with Crippen LogP contribution in [-0.2, 0) is 12.8 Å². The Morgan fingerprint density at radius 1 is 1.19 bits per heavy atom. The molecule has 0 aliphatic carbocycles. The van der Waals surface area contributed by atoms with Crippen LogP contribution in [0.25, 0.3) is 0 Å². The number of aryl methyl sites for hydroxylation is 2. The lowest BCUT2D eigenvalue weighted by molar-refractivity contribution is 0.498. The van der Waals surface area contributed by atoms with Crippen molar-refractivity contribution in [3.8, 4) is 0 Å². The molecule has 0 amide bonds. The zero-order valence-electron chi connectivity index (χ0n) is 14.1. The topological polar surface area (TPSA) is 24.9 Å². The van der Waals surface area contributed by atoms with E-state index in [-0.39, 0.29) is 0 Å². The Kier molecular flexibility index (Phi) is 4.35. The van der Waals surface area contributed by atoms with Gasteiger partial charge in [-0.2, -0.15) is 0 Å². The molecule has 2 aliphatic heterocycles. The van der Waals surface area contributed by atoms with Gasteiger partial charge in [-0.1, -0.05) is 20.3 Å². The molecular weight excluding hydrogens is 256 g/mol. The highest BCUT2D eigenvalue weighted by Gasteiger charge is 2.41. The van der Waals surface area contributed by atoms with Gasteiger partial charge >= 0.3 is 0 Å². The van der Waals surface area contributed by atoms with Crippen molar-refractivity contribution in [2.75, 3.05) is 0 Å². The predicted octanol–water partition coefficient (Wildman–Crippen LogP) is 4.21. The minimum absolute atomic E-state index is 0.711. The molecule has 3 rings (SSSR count). The van der Waals surface area contributed by atoms with Gasteiger partial charge in [-0.15, -0.1) is 0 Å². The number of aromatic nitrogens is 1. The van der Waals surface area contributed by atoms with E-state index in [1.54, 1.807) is 11.1 Å². The highest BCUT2D eigenvalue weighted by atomic mass is 15.0. The Labute approximate surface area is 129 Å². The van der Waals surface area contributed by atoms with Crippen LogP contribution in [0.4, 0.5) is 0 Å². The van der Waals surface area contributed by atoms with Crippen molar-refractivity contribution in [3.63, 3.8) is 0 Å². The Bertz CT molecular complexity index is 521. The fraction of sp³-hybridized carbons (Fsp3) is 0.737. The van der Waals surface area contributed by atoms with Gasteiger partial charge in [0.1, 0.15) is 0 Å². The Balaban J connectivity index is 2.02. The molecule has 2 nitrogen and oxygen atoms in total. The molecule has 1 aromatic rings. The quantitative estimate of drug-likeness (QED) is 0.877. The molecule has 0 radical (unpaired) electrons. The van der Waals surface area contributed by atoms with Gasteiger partial charge < -0.3 is 5.32 Å². The van der Waals surface area contributed by atoms with Crippen LogP contribution >= 0.6 is 0 Å². The van der Waals surface area contributed by atoms with Crippen molar-refractivity contribution < 1.29 is 0 Å². The number of hydrogen-bond acceptors (Lipinski definition) is 2. The van der Waals surface area contributed by atoms with E-state index in [2.05, 4.69) is 33.0 Å². The number of rotatable bonds is 5. The molecule has 2 unspecified atom stereocenters. The summed E-state index contributed by atoms with van der Waals surface area (Å²) in [7, 11) is 0. The maximum Gasteiger partial charge on any atom is 0.0445 e. The molecule has 0 saturated carbocycles.